The Bertz CT molecular complexity index is 564. The van der Waals surface area contributed by atoms with Gasteiger partial charge in [0.1, 0.15) is 9.88 Å². The van der Waals surface area contributed by atoms with E-state index in [-0.39, 0.29) is 15.6 Å². The lowest BCUT2D eigenvalue weighted by atomic mass is 10.4. The van der Waals surface area contributed by atoms with Crippen LogP contribution in [0.5, 0.6) is 0 Å². The Morgan fingerprint density at radius 1 is 1.50 bits per heavy atom. The summed E-state index contributed by atoms with van der Waals surface area (Å²) in [5.74, 6) is -1.27. The molecule has 0 aromatic carbocycles. The van der Waals surface area contributed by atoms with Crippen molar-refractivity contribution < 1.29 is 31.5 Å². The van der Waals surface area contributed by atoms with Gasteiger partial charge in [-0.25, -0.2) is 22.9 Å². The maximum atomic E-state index is 12.0. The smallest absolute Gasteiger partial charge is 0.477 e. The average Bonchev–Trinajstić information content (AvgIpc) is 2.55. The zero-order chi connectivity index (χ0) is 14.1. The van der Waals surface area contributed by atoms with Crippen LogP contribution in [0.25, 0.3) is 0 Å². The van der Waals surface area contributed by atoms with Gasteiger partial charge in [-0.15, -0.1) is 11.3 Å². The molecule has 2 N–H and O–H groups in total. The number of carbonyl (C=O) groups is 1. The van der Waals surface area contributed by atoms with Crippen molar-refractivity contribution in [3.63, 3.8) is 0 Å². The van der Waals surface area contributed by atoms with E-state index in [4.69, 9.17) is 5.11 Å². The lowest BCUT2D eigenvalue weighted by Crippen LogP contribution is -2.35. The van der Waals surface area contributed by atoms with E-state index in [1.54, 1.807) is 0 Å². The van der Waals surface area contributed by atoms with Crippen LogP contribution in [0.2, 0.25) is 0 Å². The first-order chi connectivity index (χ1) is 8.04. The average molecular weight is 304 g/mol. The molecule has 1 aromatic heterocycles. The molecule has 0 saturated carbocycles. The molecule has 6 nitrogen and oxygen atoms in total. The summed E-state index contributed by atoms with van der Waals surface area (Å²) >= 11 is 0.614. The van der Waals surface area contributed by atoms with Gasteiger partial charge in [-0.2, -0.15) is 13.2 Å². The highest BCUT2D eigenvalue weighted by atomic mass is 32.2. The molecular formula is C7H7F3N2O4S2. The van der Waals surface area contributed by atoms with Crippen LogP contribution in [0.3, 0.4) is 0 Å². The molecule has 0 unspecified atom stereocenters. The fraction of sp³-hybridized carbons (Fsp3) is 0.429. The van der Waals surface area contributed by atoms with Crippen LogP contribution in [0.15, 0.2) is 0 Å². The van der Waals surface area contributed by atoms with Crippen LogP contribution in [0.4, 0.5) is 13.2 Å². The van der Waals surface area contributed by atoms with E-state index in [9.17, 15) is 26.4 Å². The number of aromatic carboxylic acids is 1. The van der Waals surface area contributed by atoms with Crippen molar-refractivity contribution in [1.29, 1.82) is 0 Å². The summed E-state index contributed by atoms with van der Waals surface area (Å²) in [6.07, 6.45) is 0. The summed E-state index contributed by atoms with van der Waals surface area (Å²) in [5.41, 5.74) is -5.29. The monoisotopic (exact) mass is 304 g/mol. The number of hydrogen-bond donors (Lipinski definition) is 2. The molecule has 0 spiro atoms. The molecule has 0 aliphatic heterocycles. The maximum Gasteiger partial charge on any atom is 0.511 e. The largest absolute Gasteiger partial charge is 0.511 e. The number of sulfonamides is 1. The first kappa shape index (κ1) is 14.9. The van der Waals surface area contributed by atoms with E-state index in [1.165, 1.54) is 11.6 Å². The van der Waals surface area contributed by atoms with E-state index in [0.717, 1.165) is 0 Å². The number of aromatic nitrogens is 1. The third kappa shape index (κ3) is 3.17. The lowest BCUT2D eigenvalue weighted by molar-refractivity contribution is -0.0448. The topological polar surface area (TPSA) is 96.4 Å². The van der Waals surface area contributed by atoms with Gasteiger partial charge in [0.2, 0.25) is 0 Å². The minimum atomic E-state index is -5.45. The molecule has 0 atom stereocenters. The minimum Gasteiger partial charge on any atom is -0.477 e. The van der Waals surface area contributed by atoms with Crippen LogP contribution in [0, 0.1) is 6.92 Å². The summed E-state index contributed by atoms with van der Waals surface area (Å²) in [6.45, 7) is 0.655. The zero-order valence-electron chi connectivity index (χ0n) is 8.78. The fourth-order valence-corrected chi connectivity index (χ4v) is 2.39. The molecule has 0 aliphatic carbocycles. The molecule has 0 bridgehead atoms. The van der Waals surface area contributed by atoms with Gasteiger partial charge < -0.3 is 5.11 Å². The third-order valence-electron chi connectivity index (χ3n) is 1.75. The minimum absolute atomic E-state index is 0.0577. The quantitative estimate of drug-likeness (QED) is 0.868. The Morgan fingerprint density at radius 2 is 2.06 bits per heavy atom. The zero-order valence-corrected chi connectivity index (χ0v) is 10.4. The van der Waals surface area contributed by atoms with Crippen molar-refractivity contribution in [2.45, 2.75) is 19.0 Å². The Balaban J connectivity index is 2.83. The Morgan fingerprint density at radius 3 is 2.44 bits per heavy atom. The number of thiazole rings is 1. The van der Waals surface area contributed by atoms with Gasteiger partial charge in [-0.1, -0.05) is 0 Å². The van der Waals surface area contributed by atoms with Gasteiger partial charge >= 0.3 is 21.5 Å². The van der Waals surface area contributed by atoms with Gasteiger partial charge in [-0.3, -0.25) is 0 Å². The summed E-state index contributed by atoms with van der Waals surface area (Å²) in [4.78, 5) is 14.2. The van der Waals surface area contributed by atoms with Gasteiger partial charge in [-0.05, 0) is 6.92 Å². The lowest BCUT2D eigenvalue weighted by Gasteiger charge is -2.07. The molecule has 1 aromatic rings. The highest BCUT2D eigenvalue weighted by molar-refractivity contribution is 7.90. The van der Waals surface area contributed by atoms with Crippen LogP contribution in [0.1, 0.15) is 20.4 Å². The van der Waals surface area contributed by atoms with Gasteiger partial charge in [0.15, 0.2) is 0 Å². The number of carboxylic acids is 1. The number of nitrogens with one attached hydrogen (secondary N) is 1. The third-order valence-corrected chi connectivity index (χ3v) is 4.03. The van der Waals surface area contributed by atoms with Gasteiger partial charge in [0.05, 0.1) is 12.2 Å². The molecule has 11 heteroatoms. The highest BCUT2D eigenvalue weighted by Gasteiger charge is 2.45. The molecule has 0 fully saturated rings. The highest BCUT2D eigenvalue weighted by Crippen LogP contribution is 2.23. The van der Waals surface area contributed by atoms with Crippen molar-refractivity contribution in [1.82, 2.24) is 9.71 Å². The number of nitrogens with zero attached hydrogens (tertiary/aromatic N) is 1. The predicted octanol–water partition coefficient (Wildman–Crippen LogP) is 1.09. The fourth-order valence-electron chi connectivity index (χ4n) is 0.965. The second kappa shape index (κ2) is 4.82. The molecule has 1 rings (SSSR count). The SMILES string of the molecule is Cc1nc(CNS(=O)(=O)C(F)(F)F)sc1C(=O)O. The maximum absolute atomic E-state index is 12.0. The molecule has 1 heterocycles. The normalized spacial score (nSPS) is 12.7. The molecule has 0 amide bonds. The van der Waals surface area contributed by atoms with Crippen molar-refractivity contribution in [2.75, 3.05) is 0 Å². The number of rotatable bonds is 4. The molecule has 102 valence electrons. The van der Waals surface area contributed by atoms with Crippen molar-refractivity contribution in [3.8, 4) is 0 Å². The number of aryl methyl sites for hydroxylation is 1. The first-order valence-corrected chi connectivity index (χ1v) is 6.60. The van der Waals surface area contributed by atoms with E-state index in [1.807, 2.05) is 0 Å². The van der Waals surface area contributed by atoms with E-state index in [2.05, 4.69) is 4.98 Å². The van der Waals surface area contributed by atoms with Crippen LogP contribution in [-0.4, -0.2) is 30.0 Å². The van der Waals surface area contributed by atoms with Crippen molar-refractivity contribution in [2.24, 2.45) is 0 Å². The predicted molar refractivity (Wildman–Crippen MR) is 55.6 cm³/mol. The second-order valence-corrected chi connectivity index (χ2v) is 5.94. The van der Waals surface area contributed by atoms with E-state index >= 15 is 0 Å². The number of halogens is 3. The molecule has 0 saturated heterocycles. The summed E-state index contributed by atoms with van der Waals surface area (Å²) < 4.78 is 58.6. The van der Waals surface area contributed by atoms with E-state index in [0.29, 0.717) is 11.3 Å². The van der Waals surface area contributed by atoms with Crippen LogP contribution >= 0.6 is 11.3 Å². The summed E-state index contributed by atoms with van der Waals surface area (Å²) in [7, 11) is -5.45. The number of hydrogen-bond acceptors (Lipinski definition) is 5. The second-order valence-electron chi connectivity index (χ2n) is 3.10. The molecule has 18 heavy (non-hydrogen) atoms. The summed E-state index contributed by atoms with van der Waals surface area (Å²) in [5, 5.41) is 8.63. The van der Waals surface area contributed by atoms with Crippen molar-refractivity contribution in [3.05, 3.63) is 15.6 Å². The standard InChI is InChI=1S/C7H7F3N2O4S2/c1-3-5(6(13)14)17-4(12-3)2-11-18(15,16)7(8,9)10/h11H,2H2,1H3,(H,13,14). The van der Waals surface area contributed by atoms with Gasteiger partial charge in [0.25, 0.3) is 0 Å². The Hall–Kier alpha value is -1.20. The Kier molecular flexibility index (Phi) is 3.98. The molecule has 0 radical (unpaired) electrons. The summed E-state index contributed by atoms with van der Waals surface area (Å²) in [6, 6.07) is 0. The number of carboxylic acid groups (broad SMARTS) is 1. The first-order valence-electron chi connectivity index (χ1n) is 4.30. The van der Waals surface area contributed by atoms with Crippen molar-refractivity contribution >= 4 is 27.3 Å². The van der Waals surface area contributed by atoms with E-state index < -0.39 is 28.0 Å². The van der Waals surface area contributed by atoms with Crippen LogP contribution in [-0.2, 0) is 16.6 Å². The molecule has 0 aliphatic rings. The van der Waals surface area contributed by atoms with Gasteiger partial charge in [0, 0.05) is 0 Å². The molecular weight excluding hydrogens is 297 g/mol. The Labute approximate surface area is 104 Å². The number of alkyl halides is 3. The van der Waals surface area contributed by atoms with Crippen LogP contribution < -0.4 is 4.72 Å².